The number of halogens is 3. The van der Waals surface area contributed by atoms with E-state index in [1.54, 1.807) is 6.92 Å². The Morgan fingerprint density at radius 3 is 2.70 bits per heavy atom. The molecular weight excluding hydrogens is 275 g/mol. The number of alkyl halides is 3. The fourth-order valence-electron chi connectivity index (χ4n) is 2.22. The largest absolute Gasteiger partial charge is 0.477 e. The van der Waals surface area contributed by atoms with Gasteiger partial charge in [-0.1, -0.05) is 0 Å². The average Bonchev–Trinajstić information content (AvgIpc) is 2.80. The number of rotatable bonds is 1. The Kier molecular flexibility index (Phi) is 2.35. The Morgan fingerprint density at radius 2 is 2.10 bits per heavy atom. The van der Waals surface area contributed by atoms with E-state index in [0.29, 0.717) is 11.2 Å². The van der Waals surface area contributed by atoms with Crippen molar-refractivity contribution in [2.24, 2.45) is 0 Å². The zero-order chi connectivity index (χ0) is 14.7. The Labute approximate surface area is 109 Å². The van der Waals surface area contributed by atoms with E-state index in [1.807, 2.05) is 0 Å². The molecule has 20 heavy (non-hydrogen) atoms. The van der Waals surface area contributed by atoms with E-state index in [2.05, 4.69) is 9.97 Å². The van der Waals surface area contributed by atoms with Gasteiger partial charge in [-0.25, -0.2) is 9.78 Å². The Morgan fingerprint density at radius 1 is 1.40 bits per heavy atom. The molecule has 8 heteroatoms. The van der Waals surface area contributed by atoms with Crippen LogP contribution in [0.1, 0.15) is 21.7 Å². The minimum atomic E-state index is -4.46. The first-order valence-electron chi connectivity index (χ1n) is 5.60. The summed E-state index contributed by atoms with van der Waals surface area (Å²) in [4.78, 5) is 18.0. The lowest BCUT2D eigenvalue weighted by Gasteiger charge is -2.05. The second-order valence-electron chi connectivity index (χ2n) is 4.38. The van der Waals surface area contributed by atoms with Gasteiger partial charge < -0.3 is 10.1 Å². The van der Waals surface area contributed by atoms with Crippen molar-refractivity contribution in [2.45, 2.75) is 13.1 Å². The van der Waals surface area contributed by atoms with Crippen LogP contribution in [0.5, 0.6) is 0 Å². The highest BCUT2D eigenvalue weighted by atomic mass is 19.4. The maximum Gasteiger partial charge on any atom is 0.416 e. The number of carboxylic acid groups (broad SMARTS) is 1. The number of aromatic carboxylic acids is 1. The molecule has 0 amide bonds. The Balaban J connectivity index is 2.37. The molecule has 0 saturated carbocycles. The number of nitrogens with zero attached hydrogens (tertiary/aromatic N) is 2. The number of H-pyrrole nitrogens is 1. The van der Waals surface area contributed by atoms with Gasteiger partial charge in [-0.3, -0.25) is 4.40 Å². The fourth-order valence-corrected chi connectivity index (χ4v) is 2.22. The first-order chi connectivity index (χ1) is 9.29. The maximum atomic E-state index is 12.6. The Bertz CT molecular complexity index is 845. The van der Waals surface area contributed by atoms with Gasteiger partial charge in [0, 0.05) is 5.69 Å². The minimum Gasteiger partial charge on any atom is -0.477 e. The van der Waals surface area contributed by atoms with Gasteiger partial charge in [0.05, 0.1) is 16.6 Å². The molecule has 3 aromatic rings. The zero-order valence-corrected chi connectivity index (χ0v) is 10.1. The van der Waals surface area contributed by atoms with Crippen molar-refractivity contribution in [2.75, 3.05) is 0 Å². The lowest BCUT2D eigenvalue weighted by Crippen LogP contribution is -2.05. The lowest BCUT2D eigenvalue weighted by molar-refractivity contribution is -0.137. The first kappa shape index (κ1) is 12.5. The quantitative estimate of drug-likeness (QED) is 0.721. The predicted octanol–water partition coefficient (Wildman–Crippen LogP) is 2.84. The van der Waals surface area contributed by atoms with Crippen LogP contribution in [0.2, 0.25) is 0 Å². The zero-order valence-electron chi connectivity index (χ0n) is 10.1. The summed E-state index contributed by atoms with van der Waals surface area (Å²) in [5, 5.41) is 9.17. The maximum absolute atomic E-state index is 12.6. The summed E-state index contributed by atoms with van der Waals surface area (Å²) in [5.74, 6) is -0.970. The number of aromatic nitrogens is 3. The lowest BCUT2D eigenvalue weighted by atomic mass is 10.2. The SMILES string of the molecule is Cc1[nH]c2nc3cc(C(F)(F)F)ccc3n2c1C(=O)O. The molecule has 3 rings (SSSR count). The van der Waals surface area contributed by atoms with Crippen molar-refractivity contribution in [1.29, 1.82) is 0 Å². The van der Waals surface area contributed by atoms with Crippen molar-refractivity contribution in [1.82, 2.24) is 14.4 Å². The highest BCUT2D eigenvalue weighted by molar-refractivity contribution is 5.92. The van der Waals surface area contributed by atoms with Gasteiger partial charge in [-0.15, -0.1) is 0 Å². The van der Waals surface area contributed by atoms with Crippen molar-refractivity contribution < 1.29 is 23.1 Å². The highest BCUT2D eigenvalue weighted by Crippen LogP contribution is 2.32. The second-order valence-corrected chi connectivity index (χ2v) is 4.38. The van der Waals surface area contributed by atoms with E-state index >= 15 is 0 Å². The number of nitrogens with one attached hydrogen (secondary N) is 1. The van der Waals surface area contributed by atoms with Gasteiger partial charge in [0.2, 0.25) is 5.78 Å². The molecule has 0 aliphatic carbocycles. The summed E-state index contributed by atoms with van der Waals surface area (Å²) >= 11 is 0. The van der Waals surface area contributed by atoms with E-state index in [9.17, 15) is 18.0 Å². The molecule has 0 aliphatic heterocycles. The molecule has 2 N–H and O–H groups in total. The number of fused-ring (bicyclic) bond motifs is 3. The van der Waals surface area contributed by atoms with Crippen LogP contribution in [0.3, 0.4) is 0 Å². The predicted molar refractivity (Wildman–Crippen MR) is 63.7 cm³/mol. The van der Waals surface area contributed by atoms with E-state index in [0.717, 1.165) is 12.1 Å². The van der Waals surface area contributed by atoms with Crippen LogP contribution in [0, 0.1) is 6.92 Å². The van der Waals surface area contributed by atoms with Crippen molar-refractivity contribution >= 4 is 22.8 Å². The number of hydrogen-bond acceptors (Lipinski definition) is 2. The van der Waals surface area contributed by atoms with Gasteiger partial charge in [0.1, 0.15) is 0 Å². The van der Waals surface area contributed by atoms with Gasteiger partial charge in [-0.05, 0) is 25.1 Å². The molecule has 0 atom stereocenters. The molecule has 0 saturated heterocycles. The van der Waals surface area contributed by atoms with Crippen LogP contribution in [0.25, 0.3) is 16.8 Å². The third-order valence-corrected chi connectivity index (χ3v) is 3.06. The molecular formula is C12H8F3N3O2. The van der Waals surface area contributed by atoms with Crippen LogP contribution in [-0.2, 0) is 6.18 Å². The molecule has 0 radical (unpaired) electrons. The number of benzene rings is 1. The number of carboxylic acids is 1. The fraction of sp³-hybridized carbons (Fsp3) is 0.167. The summed E-state index contributed by atoms with van der Waals surface area (Å²) < 4.78 is 39.2. The molecule has 1 aromatic carbocycles. The summed E-state index contributed by atoms with van der Waals surface area (Å²) in [6.45, 7) is 1.56. The number of aryl methyl sites for hydroxylation is 1. The first-order valence-corrected chi connectivity index (χ1v) is 5.60. The average molecular weight is 283 g/mol. The second kappa shape index (κ2) is 3.75. The third kappa shape index (κ3) is 1.64. The molecule has 0 unspecified atom stereocenters. The topological polar surface area (TPSA) is 70.4 Å². The summed E-state index contributed by atoms with van der Waals surface area (Å²) in [7, 11) is 0. The molecule has 0 bridgehead atoms. The number of aromatic amines is 1. The van der Waals surface area contributed by atoms with Gasteiger partial charge in [0.25, 0.3) is 0 Å². The normalized spacial score (nSPS) is 12.4. The van der Waals surface area contributed by atoms with Crippen molar-refractivity contribution in [3.63, 3.8) is 0 Å². The van der Waals surface area contributed by atoms with Gasteiger partial charge in [0.15, 0.2) is 5.69 Å². The van der Waals surface area contributed by atoms with Gasteiger partial charge in [-0.2, -0.15) is 13.2 Å². The van der Waals surface area contributed by atoms with E-state index in [1.165, 1.54) is 10.5 Å². The number of carbonyl (C=O) groups is 1. The van der Waals surface area contributed by atoms with E-state index < -0.39 is 17.7 Å². The monoisotopic (exact) mass is 283 g/mol. The van der Waals surface area contributed by atoms with E-state index in [4.69, 9.17) is 5.11 Å². The standard InChI is InChI=1S/C12H8F3N3O2/c1-5-9(10(19)20)18-8-3-2-6(12(13,14)15)4-7(8)17-11(18)16-5/h2-4H,1H3,(H,16,17)(H,19,20). The van der Waals surface area contributed by atoms with Crippen molar-refractivity contribution in [3.05, 3.63) is 35.2 Å². The Hall–Kier alpha value is -2.51. The molecule has 0 spiro atoms. The molecule has 0 aliphatic rings. The van der Waals surface area contributed by atoms with Crippen LogP contribution in [0.15, 0.2) is 18.2 Å². The van der Waals surface area contributed by atoms with Crippen LogP contribution >= 0.6 is 0 Å². The smallest absolute Gasteiger partial charge is 0.416 e. The number of hydrogen-bond donors (Lipinski definition) is 2. The molecule has 2 heterocycles. The summed E-state index contributed by atoms with van der Waals surface area (Å²) in [5.41, 5.74) is -0.0632. The summed E-state index contributed by atoms with van der Waals surface area (Å²) in [6.07, 6.45) is -4.46. The summed E-state index contributed by atoms with van der Waals surface area (Å²) in [6, 6.07) is 3.03. The van der Waals surface area contributed by atoms with Crippen LogP contribution in [-0.4, -0.2) is 25.4 Å². The van der Waals surface area contributed by atoms with Crippen LogP contribution < -0.4 is 0 Å². The molecule has 104 valence electrons. The van der Waals surface area contributed by atoms with Gasteiger partial charge >= 0.3 is 12.1 Å². The highest BCUT2D eigenvalue weighted by Gasteiger charge is 2.31. The number of imidazole rings is 2. The van der Waals surface area contributed by atoms with Crippen LogP contribution in [0.4, 0.5) is 13.2 Å². The molecule has 0 fully saturated rings. The van der Waals surface area contributed by atoms with E-state index in [-0.39, 0.29) is 17.0 Å². The third-order valence-electron chi connectivity index (χ3n) is 3.06. The molecule has 2 aromatic heterocycles. The molecule has 5 nitrogen and oxygen atoms in total. The van der Waals surface area contributed by atoms with Crippen molar-refractivity contribution in [3.8, 4) is 0 Å². The minimum absolute atomic E-state index is 0.0396.